The maximum Gasteiger partial charge on any atom is 0.416 e. The molecule has 1 aromatic carbocycles. The Bertz CT molecular complexity index is 438. The first-order valence-corrected chi connectivity index (χ1v) is 5.08. The van der Waals surface area contributed by atoms with Gasteiger partial charge in [0.05, 0.1) is 5.56 Å². The van der Waals surface area contributed by atoms with E-state index < -0.39 is 17.7 Å². The standard InChI is InChI=1S/C12H12F3NO2/c1-8(11(17)18)6-16-7-9-2-4-10(5-3-9)12(13,14)15/h2-5,16H,1,6-7H2,(H,17,18). The quantitative estimate of drug-likeness (QED) is 0.798. The van der Waals surface area contributed by atoms with Crippen LogP contribution in [-0.2, 0) is 17.5 Å². The average molecular weight is 259 g/mol. The molecule has 0 atom stereocenters. The van der Waals surface area contributed by atoms with Gasteiger partial charge in [-0.3, -0.25) is 0 Å². The highest BCUT2D eigenvalue weighted by Crippen LogP contribution is 2.28. The molecule has 98 valence electrons. The molecule has 0 bridgehead atoms. The number of benzene rings is 1. The molecule has 18 heavy (non-hydrogen) atoms. The van der Waals surface area contributed by atoms with E-state index in [0.29, 0.717) is 5.56 Å². The van der Waals surface area contributed by atoms with Crippen molar-refractivity contribution in [3.8, 4) is 0 Å². The molecule has 0 heterocycles. The molecular weight excluding hydrogens is 247 g/mol. The van der Waals surface area contributed by atoms with Crippen LogP contribution in [0.1, 0.15) is 11.1 Å². The van der Waals surface area contributed by atoms with Crippen LogP contribution >= 0.6 is 0 Å². The van der Waals surface area contributed by atoms with E-state index in [2.05, 4.69) is 11.9 Å². The van der Waals surface area contributed by atoms with Crippen LogP contribution in [0.5, 0.6) is 0 Å². The van der Waals surface area contributed by atoms with Crippen molar-refractivity contribution in [2.24, 2.45) is 0 Å². The van der Waals surface area contributed by atoms with Crippen molar-refractivity contribution >= 4 is 5.97 Å². The highest BCUT2D eigenvalue weighted by atomic mass is 19.4. The summed E-state index contributed by atoms with van der Waals surface area (Å²) in [6.07, 6.45) is -4.34. The Hall–Kier alpha value is -1.82. The van der Waals surface area contributed by atoms with Gasteiger partial charge < -0.3 is 10.4 Å². The first kappa shape index (κ1) is 14.2. The number of halogens is 3. The van der Waals surface area contributed by atoms with Crippen LogP contribution in [-0.4, -0.2) is 17.6 Å². The minimum absolute atomic E-state index is 0.00177. The molecule has 0 aliphatic heterocycles. The van der Waals surface area contributed by atoms with Gasteiger partial charge in [-0.05, 0) is 17.7 Å². The Morgan fingerprint density at radius 1 is 1.28 bits per heavy atom. The lowest BCUT2D eigenvalue weighted by Gasteiger charge is -2.08. The van der Waals surface area contributed by atoms with Gasteiger partial charge in [-0.2, -0.15) is 13.2 Å². The van der Waals surface area contributed by atoms with E-state index in [1.165, 1.54) is 12.1 Å². The summed E-state index contributed by atoms with van der Waals surface area (Å²) in [5, 5.41) is 11.3. The lowest BCUT2D eigenvalue weighted by Crippen LogP contribution is -2.20. The maximum atomic E-state index is 12.3. The summed E-state index contributed by atoms with van der Waals surface area (Å²) in [4.78, 5) is 10.4. The van der Waals surface area contributed by atoms with Crippen LogP contribution in [0.2, 0.25) is 0 Å². The maximum absolute atomic E-state index is 12.3. The van der Waals surface area contributed by atoms with E-state index >= 15 is 0 Å². The molecule has 3 nitrogen and oxygen atoms in total. The lowest BCUT2D eigenvalue weighted by molar-refractivity contribution is -0.137. The molecule has 0 saturated carbocycles. The molecule has 0 fully saturated rings. The normalized spacial score (nSPS) is 11.3. The number of hydrogen-bond acceptors (Lipinski definition) is 2. The van der Waals surface area contributed by atoms with Crippen LogP contribution in [0.4, 0.5) is 13.2 Å². The summed E-state index contributed by atoms with van der Waals surface area (Å²) in [6.45, 7) is 3.68. The van der Waals surface area contributed by atoms with Gasteiger partial charge in [-0.15, -0.1) is 0 Å². The van der Waals surface area contributed by atoms with Gasteiger partial charge >= 0.3 is 12.1 Å². The van der Waals surface area contributed by atoms with E-state index in [1.807, 2.05) is 0 Å². The number of alkyl halides is 3. The van der Waals surface area contributed by atoms with Gasteiger partial charge in [0.15, 0.2) is 0 Å². The molecular formula is C12H12F3NO2. The molecule has 1 aromatic rings. The Morgan fingerprint density at radius 3 is 2.28 bits per heavy atom. The summed E-state index contributed by atoms with van der Waals surface area (Å²) in [7, 11) is 0. The van der Waals surface area contributed by atoms with Crippen LogP contribution < -0.4 is 5.32 Å². The minimum Gasteiger partial charge on any atom is -0.478 e. The van der Waals surface area contributed by atoms with Gasteiger partial charge in [0.2, 0.25) is 0 Å². The molecule has 0 aliphatic carbocycles. The monoisotopic (exact) mass is 259 g/mol. The van der Waals surface area contributed by atoms with Crippen molar-refractivity contribution < 1.29 is 23.1 Å². The predicted octanol–water partition coefficient (Wildman–Crippen LogP) is 2.44. The number of carboxylic acid groups (broad SMARTS) is 1. The molecule has 0 spiro atoms. The molecule has 0 aromatic heterocycles. The fourth-order valence-corrected chi connectivity index (χ4v) is 1.24. The number of carbonyl (C=O) groups is 1. The number of rotatable bonds is 5. The highest BCUT2D eigenvalue weighted by Gasteiger charge is 2.29. The largest absolute Gasteiger partial charge is 0.478 e. The zero-order valence-corrected chi connectivity index (χ0v) is 9.42. The molecule has 0 aliphatic rings. The zero-order chi connectivity index (χ0) is 13.8. The molecule has 0 amide bonds. The fraction of sp³-hybridized carbons (Fsp3) is 0.250. The van der Waals surface area contributed by atoms with E-state index in [4.69, 9.17) is 5.11 Å². The number of aliphatic carboxylic acids is 1. The summed E-state index contributed by atoms with van der Waals surface area (Å²) in [6, 6.07) is 4.67. The summed E-state index contributed by atoms with van der Waals surface area (Å²) in [5.74, 6) is -1.10. The van der Waals surface area contributed by atoms with E-state index in [1.54, 1.807) is 0 Å². The predicted molar refractivity (Wildman–Crippen MR) is 59.9 cm³/mol. The van der Waals surface area contributed by atoms with Crippen molar-refractivity contribution in [3.05, 3.63) is 47.5 Å². The number of hydrogen-bond donors (Lipinski definition) is 2. The van der Waals surface area contributed by atoms with Crippen LogP contribution in [0.25, 0.3) is 0 Å². The third-order valence-corrected chi connectivity index (χ3v) is 2.25. The second-order valence-electron chi connectivity index (χ2n) is 3.71. The minimum atomic E-state index is -4.34. The number of carboxylic acids is 1. The molecule has 6 heteroatoms. The number of nitrogens with one attached hydrogen (secondary N) is 1. The van der Waals surface area contributed by atoms with Crippen LogP contribution in [0.3, 0.4) is 0 Å². The molecule has 2 N–H and O–H groups in total. The van der Waals surface area contributed by atoms with E-state index in [-0.39, 0.29) is 18.7 Å². The summed E-state index contributed by atoms with van der Waals surface area (Å²) < 4.78 is 36.8. The van der Waals surface area contributed by atoms with Crippen molar-refractivity contribution in [1.29, 1.82) is 0 Å². The molecule has 0 unspecified atom stereocenters. The van der Waals surface area contributed by atoms with Crippen LogP contribution in [0.15, 0.2) is 36.4 Å². The fourth-order valence-electron chi connectivity index (χ4n) is 1.24. The van der Waals surface area contributed by atoms with E-state index in [9.17, 15) is 18.0 Å². The van der Waals surface area contributed by atoms with Crippen molar-refractivity contribution in [3.63, 3.8) is 0 Å². The lowest BCUT2D eigenvalue weighted by atomic mass is 10.1. The third-order valence-electron chi connectivity index (χ3n) is 2.25. The van der Waals surface area contributed by atoms with E-state index in [0.717, 1.165) is 12.1 Å². The van der Waals surface area contributed by atoms with Gasteiger partial charge in [0.1, 0.15) is 0 Å². The SMILES string of the molecule is C=C(CNCc1ccc(C(F)(F)F)cc1)C(=O)O. The Balaban J connectivity index is 2.50. The van der Waals surface area contributed by atoms with Gasteiger partial charge in [-0.25, -0.2) is 4.79 Å². The van der Waals surface area contributed by atoms with Crippen molar-refractivity contribution in [2.75, 3.05) is 6.54 Å². The Morgan fingerprint density at radius 2 is 1.83 bits per heavy atom. The smallest absolute Gasteiger partial charge is 0.416 e. The zero-order valence-electron chi connectivity index (χ0n) is 9.42. The third kappa shape index (κ3) is 4.21. The van der Waals surface area contributed by atoms with Crippen LogP contribution in [0, 0.1) is 0 Å². The highest BCUT2D eigenvalue weighted by molar-refractivity contribution is 5.86. The molecule has 1 rings (SSSR count). The second kappa shape index (κ2) is 5.68. The summed E-state index contributed by atoms with van der Waals surface area (Å²) >= 11 is 0. The first-order valence-electron chi connectivity index (χ1n) is 5.08. The first-order chi connectivity index (χ1) is 8.30. The average Bonchev–Trinajstić information content (AvgIpc) is 2.28. The van der Waals surface area contributed by atoms with Gasteiger partial charge in [0, 0.05) is 18.7 Å². The van der Waals surface area contributed by atoms with Gasteiger partial charge in [-0.1, -0.05) is 18.7 Å². The summed E-state index contributed by atoms with van der Waals surface area (Å²) in [5.41, 5.74) is -0.0655. The second-order valence-corrected chi connectivity index (χ2v) is 3.71. The topological polar surface area (TPSA) is 49.3 Å². The Kier molecular flexibility index (Phi) is 4.49. The Labute approximate surface area is 102 Å². The molecule has 0 saturated heterocycles. The van der Waals surface area contributed by atoms with Gasteiger partial charge in [0.25, 0.3) is 0 Å². The molecule has 0 radical (unpaired) electrons. The van der Waals surface area contributed by atoms with Crippen molar-refractivity contribution in [2.45, 2.75) is 12.7 Å². The van der Waals surface area contributed by atoms with Crippen molar-refractivity contribution in [1.82, 2.24) is 5.32 Å².